The third-order valence-corrected chi connectivity index (χ3v) is 17.2. The molecule has 0 spiro atoms. The molecule has 0 aliphatic carbocycles. The molecule has 35 heteroatoms. The summed E-state index contributed by atoms with van der Waals surface area (Å²) in [4.78, 5) is 91.1. The largest absolute Gasteiger partial charge is 0.394 e. The lowest BCUT2D eigenvalue weighted by atomic mass is 9.97. The minimum Gasteiger partial charge on any atom is -0.394 e. The van der Waals surface area contributed by atoms with E-state index >= 15 is 0 Å². The third-order valence-electron chi connectivity index (χ3n) is 17.2. The molecule has 3 heterocycles. The highest BCUT2D eigenvalue weighted by Crippen LogP contribution is 2.26. The molecule has 3 aliphatic heterocycles. The molecule has 15 atom stereocenters. The van der Waals surface area contributed by atoms with Crippen molar-refractivity contribution in [2.45, 2.75) is 272 Å². The summed E-state index contributed by atoms with van der Waals surface area (Å²) in [7, 11) is 0. The molecule has 3 fully saturated rings. The molecule has 3 rings (SSSR count). The number of nitrogens with zero attached hydrogens (tertiary/aromatic N) is 3. The second-order valence-corrected chi connectivity index (χ2v) is 26.0. The monoisotopic (exact) mass is 1450 g/mol. The van der Waals surface area contributed by atoms with Gasteiger partial charge in [-0.05, 0) is 56.9 Å². The summed E-state index contributed by atoms with van der Waals surface area (Å²) in [6, 6.07) is -3.14. The highest BCUT2D eigenvalue weighted by Gasteiger charge is 2.48. The lowest BCUT2D eigenvalue weighted by Gasteiger charge is -2.42. The summed E-state index contributed by atoms with van der Waals surface area (Å²) in [5.41, 5.74) is 7.18. The molecule has 0 aromatic carbocycles. The van der Waals surface area contributed by atoms with Crippen molar-refractivity contribution < 1.29 is 122 Å². The number of nitrogens with one attached hydrogen (secondary N) is 7. The zero-order chi connectivity index (χ0) is 74.2. The van der Waals surface area contributed by atoms with Crippen LogP contribution in [-0.4, -0.2) is 290 Å². The maximum atomic E-state index is 13.9. The van der Waals surface area contributed by atoms with Crippen LogP contribution in [0.2, 0.25) is 0 Å². The van der Waals surface area contributed by atoms with Gasteiger partial charge in [-0.2, -0.15) is 0 Å². The molecule has 101 heavy (non-hydrogen) atoms. The van der Waals surface area contributed by atoms with Crippen molar-refractivity contribution in [1.29, 1.82) is 0 Å². The van der Waals surface area contributed by atoms with E-state index in [0.29, 0.717) is 90.4 Å². The van der Waals surface area contributed by atoms with Gasteiger partial charge < -0.3 is 126 Å². The first-order valence-electron chi connectivity index (χ1n) is 36.0. The number of carbonyl (C=O) groups is 7. The van der Waals surface area contributed by atoms with Crippen molar-refractivity contribution in [3.8, 4) is 0 Å². The first-order valence-corrected chi connectivity index (χ1v) is 36.0. The van der Waals surface area contributed by atoms with Crippen LogP contribution in [0.25, 0.3) is 10.4 Å². The lowest BCUT2D eigenvalue weighted by molar-refractivity contribution is -0.270. The normalized spacial score (nSPS) is 25.1. The number of rotatable bonds is 57. The number of carbonyl (C=O) groups excluding carboxylic acids is 7. The summed E-state index contributed by atoms with van der Waals surface area (Å²) in [5, 5.41) is 114. The van der Waals surface area contributed by atoms with Crippen LogP contribution in [0.5, 0.6) is 0 Å². The zero-order valence-corrected chi connectivity index (χ0v) is 59.3. The van der Waals surface area contributed by atoms with Crippen LogP contribution in [0.4, 0.5) is 0 Å². The number of aliphatic hydroxyl groups is 9. The van der Waals surface area contributed by atoms with Crippen molar-refractivity contribution in [2.24, 2.45) is 5.11 Å². The average molecular weight is 1450 g/mol. The number of unbranched alkanes of at least 4 members (excludes halogenated alkanes) is 16. The van der Waals surface area contributed by atoms with E-state index in [1.165, 1.54) is 20.8 Å². The Morgan fingerprint density at radius 2 is 0.693 bits per heavy atom. The Kier molecular flexibility index (Phi) is 47.8. The van der Waals surface area contributed by atoms with E-state index in [2.05, 4.69) is 47.2 Å². The minimum atomic E-state index is -1.43. The number of aliphatic hydroxyl groups excluding tert-OH is 9. The Morgan fingerprint density at radius 3 is 1.00 bits per heavy atom. The van der Waals surface area contributed by atoms with Gasteiger partial charge in [0.2, 0.25) is 41.4 Å². The van der Waals surface area contributed by atoms with E-state index in [9.17, 15) is 79.5 Å². The van der Waals surface area contributed by atoms with Gasteiger partial charge in [0, 0.05) is 97.4 Å². The summed E-state index contributed by atoms with van der Waals surface area (Å²) < 4.78 is 52.6. The molecule has 0 aromatic heterocycles. The Labute approximate surface area is 592 Å². The topological polar surface area (TPSA) is 518 Å². The number of ether oxygens (including phenoxy) is 9. The fourth-order valence-corrected chi connectivity index (χ4v) is 11.6. The second-order valence-electron chi connectivity index (χ2n) is 26.0. The molecule has 0 radical (unpaired) electrons. The highest BCUT2D eigenvalue weighted by atomic mass is 16.7. The van der Waals surface area contributed by atoms with Crippen molar-refractivity contribution in [3.63, 3.8) is 0 Å². The van der Waals surface area contributed by atoms with Gasteiger partial charge in [0.1, 0.15) is 78.6 Å². The van der Waals surface area contributed by atoms with Crippen LogP contribution in [0.1, 0.15) is 175 Å². The van der Waals surface area contributed by atoms with Gasteiger partial charge in [-0.3, -0.25) is 33.6 Å². The quantitative estimate of drug-likeness (QED) is 0.0147. The van der Waals surface area contributed by atoms with Crippen molar-refractivity contribution in [1.82, 2.24) is 37.2 Å². The predicted molar refractivity (Wildman–Crippen MR) is 361 cm³/mol. The number of azide groups is 1. The van der Waals surface area contributed by atoms with Crippen LogP contribution in [0.15, 0.2) is 5.11 Å². The minimum absolute atomic E-state index is 0.0295. The fraction of sp³-hybridized carbons (Fsp3) is 0.894. The standard InChI is InChI=1S/C66H120N10O25/c1-44(80)72-54-60(90)57(87)47(38-77)99-63(54)96-32-21-13-10-17-28-68-50(83)25-35-93-41-66(75-53(86)24-16-8-6-4-5-7-9-20-31-71-76-67,42-94-36-26-51(84)69-29-18-11-14-22-33-97-64-55(73-45(2)81)61(91)58(88)48(39-78)100-64)43-95-37-27-52(85)70-30-19-12-15-23-34-98-65-56(74-46(3)82)62(92)59(89)49(40-79)101-65/h47-49,54-65,77-79,87-92H,4-43H2,1-3H3,(H,68,83)(H,69,84)(H,70,85)(H,72,80)(H,73,81)(H,74,82)(H,75,86)/t47-,48-,49-,54-,55-,56-,57+,58+,59+,60-,61-,62-,63-,64-,65-/m1/s1. The molecule has 3 saturated heterocycles. The Hall–Kier alpha value is -5.12. The molecule has 0 aromatic rings. The van der Waals surface area contributed by atoms with Crippen LogP contribution in [0.3, 0.4) is 0 Å². The van der Waals surface area contributed by atoms with Crippen LogP contribution >= 0.6 is 0 Å². The van der Waals surface area contributed by atoms with E-state index in [1.807, 2.05) is 0 Å². The molecular weight excluding hydrogens is 1330 g/mol. The SMILES string of the molecule is CC(=O)N[C@H]1[C@H](OCCCCCCNC(=O)CCOCC(COCCC(=O)NCCCCCCO[C@@H]2O[C@H](CO)[C@H](O)[C@H](O)[C@H]2NC(C)=O)(COCCC(=O)NCCCCCCO[C@@H]2O[C@H](CO)[C@H](O)[C@H](O)[C@H]2NC(C)=O)NC(=O)CCCCCCCCCCN=[N+]=[N-])O[C@H](CO)[C@H](O)[C@@H]1O. The van der Waals surface area contributed by atoms with Crippen LogP contribution in [-0.2, 0) is 76.2 Å². The predicted octanol–water partition coefficient (Wildman–Crippen LogP) is -1.21. The molecule has 0 unspecified atom stereocenters. The number of hydrogen-bond donors (Lipinski definition) is 16. The Bertz CT molecular complexity index is 2170. The van der Waals surface area contributed by atoms with Crippen molar-refractivity contribution in [2.75, 3.05) is 105 Å². The van der Waals surface area contributed by atoms with Crippen LogP contribution < -0.4 is 37.2 Å². The fourth-order valence-electron chi connectivity index (χ4n) is 11.6. The molecule has 3 aliphatic rings. The van der Waals surface area contributed by atoms with Gasteiger partial charge in [-0.25, -0.2) is 0 Å². The summed E-state index contributed by atoms with van der Waals surface area (Å²) in [5.74, 6) is -2.54. The van der Waals surface area contributed by atoms with E-state index < -0.39 is 135 Å². The van der Waals surface area contributed by atoms with Crippen molar-refractivity contribution >= 4 is 41.4 Å². The van der Waals surface area contributed by atoms with Gasteiger partial charge in [0.25, 0.3) is 0 Å². The summed E-state index contributed by atoms with van der Waals surface area (Å²) in [6.07, 6.45) is -0.0618. The van der Waals surface area contributed by atoms with Gasteiger partial charge in [0.15, 0.2) is 18.9 Å². The van der Waals surface area contributed by atoms with E-state index in [0.717, 1.165) is 64.2 Å². The zero-order valence-electron chi connectivity index (χ0n) is 59.3. The highest BCUT2D eigenvalue weighted by molar-refractivity contribution is 5.78. The Balaban J connectivity index is 1.57. The van der Waals surface area contributed by atoms with Crippen molar-refractivity contribution in [3.05, 3.63) is 10.4 Å². The number of hydrogen-bond acceptors (Lipinski definition) is 26. The maximum absolute atomic E-state index is 13.9. The first-order chi connectivity index (χ1) is 48.6. The van der Waals surface area contributed by atoms with E-state index in [4.69, 9.17) is 48.2 Å². The van der Waals surface area contributed by atoms with Gasteiger partial charge in [-0.15, -0.1) is 0 Å². The van der Waals surface area contributed by atoms with Crippen LogP contribution in [0, 0.1) is 0 Å². The Morgan fingerprint density at radius 1 is 0.396 bits per heavy atom. The molecule has 0 saturated carbocycles. The van der Waals surface area contributed by atoms with Gasteiger partial charge in [-0.1, -0.05) is 82.2 Å². The van der Waals surface area contributed by atoms with E-state index in [1.54, 1.807) is 0 Å². The molecule has 0 bridgehead atoms. The van der Waals surface area contributed by atoms with E-state index in [-0.39, 0.29) is 109 Å². The molecule has 7 amide bonds. The molecule has 35 nitrogen and oxygen atoms in total. The third kappa shape index (κ3) is 37.4. The average Bonchev–Trinajstić information content (AvgIpc) is 0.827. The molecule has 584 valence electrons. The second kappa shape index (κ2) is 53.6. The first kappa shape index (κ1) is 90.1. The van der Waals surface area contributed by atoms with Gasteiger partial charge in [0.05, 0.1) is 59.5 Å². The smallest absolute Gasteiger partial charge is 0.222 e. The molecule has 16 N–H and O–H groups in total. The summed E-state index contributed by atoms with van der Waals surface area (Å²) in [6.45, 7) is 3.57. The molecular formula is C66H120N10O25. The van der Waals surface area contributed by atoms with Gasteiger partial charge >= 0.3 is 0 Å². The maximum Gasteiger partial charge on any atom is 0.222 e. The number of amides is 7. The summed E-state index contributed by atoms with van der Waals surface area (Å²) >= 11 is 0. The lowest BCUT2D eigenvalue weighted by Crippen LogP contribution is -2.64.